The molecule has 0 N–H and O–H groups in total. The summed E-state index contributed by atoms with van der Waals surface area (Å²) in [6.45, 7) is 6.20. The van der Waals surface area contributed by atoms with Crippen molar-refractivity contribution in [1.82, 2.24) is 9.80 Å². The smallest absolute Gasteiger partial charge is 0.254 e. The van der Waals surface area contributed by atoms with Gasteiger partial charge >= 0.3 is 0 Å². The highest BCUT2D eigenvalue weighted by Gasteiger charge is 2.26. The van der Waals surface area contributed by atoms with E-state index in [4.69, 9.17) is 37.1 Å². The Labute approximate surface area is 214 Å². The lowest BCUT2D eigenvalue weighted by atomic mass is 10.1. The number of ether oxygens (including phenoxy) is 2. The molecule has 7 nitrogen and oxygen atoms in total. The Morgan fingerprint density at radius 2 is 1.71 bits per heavy atom. The van der Waals surface area contributed by atoms with E-state index in [1.54, 1.807) is 17.0 Å². The predicted molar refractivity (Wildman–Crippen MR) is 133 cm³/mol. The summed E-state index contributed by atoms with van der Waals surface area (Å²) in [5.74, 6) is 2.20. The Morgan fingerprint density at radius 3 is 2.40 bits per heavy atom. The van der Waals surface area contributed by atoms with E-state index in [2.05, 4.69) is 0 Å². The molecule has 3 aromatic rings. The van der Waals surface area contributed by atoms with E-state index in [0.717, 1.165) is 11.3 Å². The molecule has 0 atom stereocenters. The number of benzene rings is 2. The van der Waals surface area contributed by atoms with Gasteiger partial charge in [-0.25, -0.2) is 0 Å². The van der Waals surface area contributed by atoms with Crippen molar-refractivity contribution < 1.29 is 23.5 Å². The van der Waals surface area contributed by atoms with Crippen LogP contribution in [0.3, 0.4) is 0 Å². The predicted octanol–water partition coefficient (Wildman–Crippen LogP) is 5.70. The van der Waals surface area contributed by atoms with E-state index < -0.39 is 0 Å². The number of halogens is 2. The van der Waals surface area contributed by atoms with Gasteiger partial charge in [0.1, 0.15) is 18.1 Å². The maximum Gasteiger partial charge on any atom is 0.254 e. The Kier molecular flexibility index (Phi) is 7.57. The second-order valence-electron chi connectivity index (χ2n) is 8.61. The minimum absolute atomic E-state index is 0.110. The van der Waals surface area contributed by atoms with E-state index in [1.165, 1.54) is 11.0 Å². The normalized spacial score (nSPS) is 12.2. The number of carbonyl (C=O) groups is 2. The number of hydrogen-bond acceptors (Lipinski definition) is 5. The minimum atomic E-state index is -0.302. The molecule has 0 spiro atoms. The summed E-state index contributed by atoms with van der Waals surface area (Å²) < 4.78 is 16.6. The van der Waals surface area contributed by atoms with Crippen molar-refractivity contribution in [3.05, 3.63) is 81.2 Å². The molecular formula is C26H26Cl2N2O5. The zero-order valence-electron chi connectivity index (χ0n) is 19.7. The van der Waals surface area contributed by atoms with Crippen LogP contribution in [0, 0.1) is 6.92 Å². The molecule has 2 heterocycles. The van der Waals surface area contributed by atoms with Crippen LogP contribution in [0.15, 0.2) is 52.9 Å². The minimum Gasteiger partial charge on any atom is -0.464 e. The zero-order valence-corrected chi connectivity index (χ0v) is 21.2. The monoisotopic (exact) mass is 516 g/mol. The molecule has 0 saturated heterocycles. The topological polar surface area (TPSA) is 72.2 Å². The number of amides is 2. The van der Waals surface area contributed by atoms with Gasteiger partial charge in [-0.1, -0.05) is 29.3 Å². The molecule has 0 bridgehead atoms. The fourth-order valence-corrected chi connectivity index (χ4v) is 4.08. The average molecular weight is 517 g/mol. The SMILES string of the molecule is Cc1ccc(CN(Cc2ccc3c(c2)OCO3)C(=O)CN(C(=O)c2ccc(Cl)c(Cl)c2)C(C)C)o1. The van der Waals surface area contributed by atoms with Crippen LogP contribution in [-0.2, 0) is 17.9 Å². The van der Waals surface area contributed by atoms with E-state index in [-0.39, 0.29) is 42.8 Å². The number of fused-ring (bicyclic) bond motifs is 1. The Bertz CT molecular complexity index is 1240. The number of carbonyl (C=O) groups excluding carboxylic acids is 2. The second kappa shape index (κ2) is 10.6. The number of rotatable bonds is 8. The molecule has 2 aromatic carbocycles. The van der Waals surface area contributed by atoms with Crippen LogP contribution in [0.2, 0.25) is 10.0 Å². The summed E-state index contributed by atoms with van der Waals surface area (Å²) in [4.78, 5) is 30.0. The van der Waals surface area contributed by atoms with Gasteiger partial charge in [-0.15, -0.1) is 0 Å². The fraction of sp³-hybridized carbons (Fsp3) is 0.308. The molecule has 184 valence electrons. The maximum atomic E-state index is 13.6. The van der Waals surface area contributed by atoms with Gasteiger partial charge in [0.2, 0.25) is 12.7 Å². The van der Waals surface area contributed by atoms with Crippen molar-refractivity contribution in [2.45, 2.75) is 39.9 Å². The molecule has 2 amide bonds. The first-order chi connectivity index (χ1) is 16.7. The molecule has 35 heavy (non-hydrogen) atoms. The molecule has 1 aliphatic rings. The van der Waals surface area contributed by atoms with Crippen LogP contribution in [0.25, 0.3) is 0 Å². The van der Waals surface area contributed by atoms with Crippen LogP contribution in [0.1, 0.15) is 41.3 Å². The number of aryl methyl sites for hydroxylation is 1. The van der Waals surface area contributed by atoms with Gasteiger partial charge < -0.3 is 23.7 Å². The number of furan rings is 1. The van der Waals surface area contributed by atoms with Gasteiger partial charge in [0.05, 0.1) is 16.6 Å². The summed E-state index contributed by atoms with van der Waals surface area (Å²) >= 11 is 12.1. The summed E-state index contributed by atoms with van der Waals surface area (Å²) in [7, 11) is 0. The summed E-state index contributed by atoms with van der Waals surface area (Å²) in [5, 5.41) is 0.643. The highest BCUT2D eigenvalue weighted by molar-refractivity contribution is 6.42. The van der Waals surface area contributed by atoms with Crippen LogP contribution >= 0.6 is 23.2 Å². The van der Waals surface area contributed by atoms with Crippen LogP contribution in [-0.4, -0.2) is 41.0 Å². The molecule has 0 unspecified atom stereocenters. The lowest BCUT2D eigenvalue weighted by molar-refractivity contribution is -0.133. The van der Waals surface area contributed by atoms with Crippen molar-refractivity contribution in [3.8, 4) is 11.5 Å². The number of nitrogens with zero attached hydrogens (tertiary/aromatic N) is 2. The first-order valence-corrected chi connectivity index (χ1v) is 11.9. The van der Waals surface area contributed by atoms with Crippen molar-refractivity contribution in [2.24, 2.45) is 0 Å². The third kappa shape index (κ3) is 5.92. The summed E-state index contributed by atoms with van der Waals surface area (Å²) in [6.07, 6.45) is 0. The van der Waals surface area contributed by atoms with Crippen LogP contribution < -0.4 is 9.47 Å². The van der Waals surface area contributed by atoms with Gasteiger partial charge in [-0.3, -0.25) is 9.59 Å². The Morgan fingerprint density at radius 1 is 0.943 bits per heavy atom. The molecule has 1 aliphatic heterocycles. The van der Waals surface area contributed by atoms with Gasteiger partial charge in [-0.05, 0) is 68.8 Å². The average Bonchev–Trinajstić information content (AvgIpc) is 3.46. The van der Waals surface area contributed by atoms with Gasteiger partial charge in [0.15, 0.2) is 11.5 Å². The quantitative estimate of drug-likeness (QED) is 0.383. The molecular weight excluding hydrogens is 491 g/mol. The highest BCUT2D eigenvalue weighted by atomic mass is 35.5. The van der Waals surface area contributed by atoms with Gasteiger partial charge in [-0.2, -0.15) is 0 Å². The van der Waals surface area contributed by atoms with Crippen molar-refractivity contribution in [1.29, 1.82) is 0 Å². The van der Waals surface area contributed by atoms with Gasteiger partial charge in [0.25, 0.3) is 5.91 Å². The maximum absolute atomic E-state index is 13.6. The highest BCUT2D eigenvalue weighted by Crippen LogP contribution is 2.33. The molecule has 0 saturated carbocycles. The molecule has 0 aliphatic carbocycles. The first-order valence-electron chi connectivity index (χ1n) is 11.2. The molecule has 4 rings (SSSR count). The third-order valence-electron chi connectivity index (χ3n) is 5.66. The summed E-state index contributed by atoms with van der Waals surface area (Å²) in [5.41, 5.74) is 1.24. The molecule has 0 radical (unpaired) electrons. The lowest BCUT2D eigenvalue weighted by Gasteiger charge is -2.30. The number of hydrogen-bond donors (Lipinski definition) is 0. The lowest BCUT2D eigenvalue weighted by Crippen LogP contribution is -2.45. The molecule has 0 fully saturated rings. The molecule has 9 heteroatoms. The fourth-order valence-electron chi connectivity index (χ4n) is 3.78. The first kappa shape index (κ1) is 24.9. The molecule has 1 aromatic heterocycles. The van der Waals surface area contributed by atoms with E-state index >= 15 is 0 Å². The van der Waals surface area contributed by atoms with Crippen LogP contribution in [0.5, 0.6) is 11.5 Å². The van der Waals surface area contributed by atoms with E-state index in [0.29, 0.717) is 34.4 Å². The Hall–Kier alpha value is -3.16. The van der Waals surface area contributed by atoms with Crippen molar-refractivity contribution in [2.75, 3.05) is 13.3 Å². The van der Waals surface area contributed by atoms with E-state index in [9.17, 15) is 9.59 Å². The summed E-state index contributed by atoms with van der Waals surface area (Å²) in [6, 6.07) is 13.7. The standard InChI is InChI=1S/C26H26Cl2N2O5/c1-16(2)30(26(32)19-6-8-21(27)22(28)11-19)14-25(31)29(13-20-7-4-17(3)35-20)12-18-5-9-23-24(10-18)34-15-33-23/h4-11,16H,12-15H2,1-3H3. The Balaban J connectivity index is 1.56. The van der Waals surface area contributed by atoms with Gasteiger partial charge in [0, 0.05) is 18.2 Å². The van der Waals surface area contributed by atoms with Crippen molar-refractivity contribution >= 4 is 35.0 Å². The van der Waals surface area contributed by atoms with Crippen LogP contribution in [0.4, 0.5) is 0 Å². The zero-order chi connectivity index (χ0) is 25.1. The van der Waals surface area contributed by atoms with Crippen molar-refractivity contribution in [3.63, 3.8) is 0 Å². The third-order valence-corrected chi connectivity index (χ3v) is 6.40. The largest absolute Gasteiger partial charge is 0.464 e. The van der Waals surface area contributed by atoms with E-state index in [1.807, 2.05) is 51.1 Å². The second-order valence-corrected chi connectivity index (χ2v) is 9.42.